The standard InChI is InChI=1S/C18H16ClN3O3/c1-12(24-15-9-5-8-14(19)10-15)18(23)20-11-16-21-17(22-25-16)13-6-3-2-4-7-13/h2-10,12H,11H2,1H3,(H,20,23)/t12-/m1/s1. The highest BCUT2D eigenvalue weighted by Crippen LogP contribution is 2.18. The number of nitrogens with zero attached hydrogens (tertiary/aromatic N) is 2. The first kappa shape index (κ1) is 17.0. The van der Waals surface area contributed by atoms with Gasteiger partial charge in [-0.15, -0.1) is 0 Å². The van der Waals surface area contributed by atoms with Crippen molar-refractivity contribution in [3.05, 3.63) is 65.5 Å². The maximum absolute atomic E-state index is 12.1. The van der Waals surface area contributed by atoms with Crippen LogP contribution in [0.2, 0.25) is 5.02 Å². The van der Waals surface area contributed by atoms with Gasteiger partial charge in [0.15, 0.2) is 6.10 Å². The van der Waals surface area contributed by atoms with Crippen LogP contribution in [0.4, 0.5) is 0 Å². The Labute approximate surface area is 149 Å². The summed E-state index contributed by atoms with van der Waals surface area (Å²) in [6.07, 6.45) is -0.685. The Hall–Kier alpha value is -2.86. The fourth-order valence-electron chi connectivity index (χ4n) is 2.14. The fourth-order valence-corrected chi connectivity index (χ4v) is 2.32. The van der Waals surface area contributed by atoms with Crippen molar-refractivity contribution in [2.45, 2.75) is 19.6 Å². The monoisotopic (exact) mass is 357 g/mol. The lowest BCUT2D eigenvalue weighted by Gasteiger charge is -2.14. The minimum absolute atomic E-state index is 0.127. The summed E-state index contributed by atoms with van der Waals surface area (Å²) in [7, 11) is 0. The lowest BCUT2D eigenvalue weighted by atomic mass is 10.2. The van der Waals surface area contributed by atoms with Crippen LogP contribution in [-0.2, 0) is 11.3 Å². The van der Waals surface area contributed by atoms with Crippen molar-refractivity contribution < 1.29 is 14.1 Å². The maximum Gasteiger partial charge on any atom is 0.261 e. The number of nitrogens with one attached hydrogen (secondary N) is 1. The fraction of sp³-hybridized carbons (Fsp3) is 0.167. The van der Waals surface area contributed by atoms with Gasteiger partial charge in [-0.2, -0.15) is 4.98 Å². The quantitative estimate of drug-likeness (QED) is 0.730. The molecule has 0 spiro atoms. The number of hydrogen-bond acceptors (Lipinski definition) is 5. The van der Waals surface area contributed by atoms with Crippen LogP contribution in [0.5, 0.6) is 5.75 Å². The average Bonchev–Trinajstić information content (AvgIpc) is 3.09. The second-order valence-corrected chi connectivity index (χ2v) is 5.75. The molecule has 0 aliphatic heterocycles. The number of carbonyl (C=O) groups excluding carboxylic acids is 1. The Morgan fingerprint density at radius 3 is 2.80 bits per heavy atom. The van der Waals surface area contributed by atoms with E-state index in [1.165, 1.54) is 0 Å². The summed E-state index contributed by atoms with van der Waals surface area (Å²) in [5.41, 5.74) is 0.849. The molecule has 0 fully saturated rings. The van der Waals surface area contributed by atoms with Gasteiger partial charge >= 0.3 is 0 Å². The van der Waals surface area contributed by atoms with Crippen LogP contribution in [0, 0.1) is 0 Å². The molecule has 0 saturated heterocycles. The van der Waals surface area contributed by atoms with Crippen LogP contribution in [0.25, 0.3) is 11.4 Å². The number of halogens is 1. The molecule has 0 saturated carbocycles. The number of rotatable bonds is 6. The van der Waals surface area contributed by atoms with Gasteiger partial charge in [0, 0.05) is 10.6 Å². The Balaban J connectivity index is 1.54. The van der Waals surface area contributed by atoms with Crippen molar-refractivity contribution in [1.29, 1.82) is 0 Å². The van der Waals surface area contributed by atoms with E-state index >= 15 is 0 Å². The molecule has 1 N–H and O–H groups in total. The molecule has 1 heterocycles. The molecular formula is C18H16ClN3O3. The van der Waals surface area contributed by atoms with E-state index in [2.05, 4.69) is 15.5 Å². The molecular weight excluding hydrogens is 342 g/mol. The van der Waals surface area contributed by atoms with E-state index in [0.29, 0.717) is 22.5 Å². The highest BCUT2D eigenvalue weighted by molar-refractivity contribution is 6.30. The zero-order valence-electron chi connectivity index (χ0n) is 13.5. The molecule has 0 unspecified atom stereocenters. The summed E-state index contributed by atoms with van der Waals surface area (Å²) in [5, 5.41) is 7.15. The molecule has 0 radical (unpaired) electrons. The third-order valence-corrected chi connectivity index (χ3v) is 3.63. The number of carbonyl (C=O) groups is 1. The van der Waals surface area contributed by atoms with Gasteiger partial charge in [-0.1, -0.05) is 53.2 Å². The zero-order valence-corrected chi connectivity index (χ0v) is 14.2. The molecule has 7 heteroatoms. The topological polar surface area (TPSA) is 77.2 Å². The minimum atomic E-state index is -0.685. The molecule has 0 bridgehead atoms. The normalized spacial score (nSPS) is 11.8. The van der Waals surface area contributed by atoms with Gasteiger partial charge in [-0.05, 0) is 25.1 Å². The van der Waals surface area contributed by atoms with E-state index in [1.54, 1.807) is 31.2 Å². The van der Waals surface area contributed by atoms with Gasteiger partial charge in [0.2, 0.25) is 11.7 Å². The molecule has 0 aliphatic carbocycles. The predicted octanol–water partition coefficient (Wildman–Crippen LogP) is 3.47. The van der Waals surface area contributed by atoms with E-state index in [1.807, 2.05) is 30.3 Å². The average molecular weight is 358 g/mol. The van der Waals surface area contributed by atoms with E-state index in [9.17, 15) is 4.79 Å². The largest absolute Gasteiger partial charge is 0.481 e. The summed E-state index contributed by atoms with van der Waals surface area (Å²) < 4.78 is 10.7. The van der Waals surface area contributed by atoms with Crippen molar-refractivity contribution in [1.82, 2.24) is 15.5 Å². The van der Waals surface area contributed by atoms with Gasteiger partial charge in [-0.25, -0.2) is 0 Å². The third kappa shape index (κ3) is 4.58. The lowest BCUT2D eigenvalue weighted by molar-refractivity contribution is -0.127. The predicted molar refractivity (Wildman–Crippen MR) is 93.1 cm³/mol. The molecule has 1 aromatic heterocycles. The van der Waals surface area contributed by atoms with Crippen LogP contribution >= 0.6 is 11.6 Å². The van der Waals surface area contributed by atoms with Gasteiger partial charge in [-0.3, -0.25) is 4.79 Å². The van der Waals surface area contributed by atoms with E-state index < -0.39 is 6.10 Å². The SMILES string of the molecule is C[C@@H](Oc1cccc(Cl)c1)C(=O)NCc1nc(-c2ccccc2)no1. The molecule has 2 aromatic carbocycles. The Bertz CT molecular complexity index is 852. The molecule has 128 valence electrons. The summed E-state index contributed by atoms with van der Waals surface area (Å²) in [6.45, 7) is 1.78. The number of benzene rings is 2. The summed E-state index contributed by atoms with van der Waals surface area (Å²) in [4.78, 5) is 16.4. The van der Waals surface area contributed by atoms with Crippen molar-refractivity contribution in [3.8, 4) is 17.1 Å². The van der Waals surface area contributed by atoms with E-state index in [0.717, 1.165) is 5.56 Å². The first-order valence-corrected chi connectivity index (χ1v) is 8.07. The summed E-state index contributed by atoms with van der Waals surface area (Å²) in [6, 6.07) is 16.3. The van der Waals surface area contributed by atoms with Crippen molar-refractivity contribution in [3.63, 3.8) is 0 Å². The number of aromatic nitrogens is 2. The van der Waals surface area contributed by atoms with Crippen LogP contribution in [-0.4, -0.2) is 22.2 Å². The Kier molecular flexibility index (Phi) is 5.30. The smallest absolute Gasteiger partial charge is 0.261 e. The van der Waals surface area contributed by atoms with Crippen molar-refractivity contribution in [2.24, 2.45) is 0 Å². The van der Waals surface area contributed by atoms with E-state index in [4.69, 9.17) is 20.9 Å². The number of ether oxygens (including phenoxy) is 1. The minimum Gasteiger partial charge on any atom is -0.481 e. The maximum atomic E-state index is 12.1. The molecule has 3 aromatic rings. The van der Waals surface area contributed by atoms with Crippen LogP contribution in [0.1, 0.15) is 12.8 Å². The van der Waals surface area contributed by atoms with Gasteiger partial charge in [0.1, 0.15) is 5.75 Å². The molecule has 6 nitrogen and oxygen atoms in total. The summed E-state index contributed by atoms with van der Waals surface area (Å²) >= 11 is 5.89. The molecule has 3 rings (SSSR count). The second kappa shape index (κ2) is 7.81. The summed E-state index contributed by atoms with van der Waals surface area (Å²) in [5.74, 6) is 1.04. The van der Waals surface area contributed by atoms with Gasteiger partial charge in [0.25, 0.3) is 5.91 Å². The molecule has 0 aliphatic rings. The first-order valence-electron chi connectivity index (χ1n) is 7.70. The number of amides is 1. The van der Waals surface area contributed by atoms with Crippen LogP contribution < -0.4 is 10.1 Å². The second-order valence-electron chi connectivity index (χ2n) is 5.31. The molecule has 25 heavy (non-hydrogen) atoms. The first-order chi connectivity index (χ1) is 12.1. The van der Waals surface area contributed by atoms with Crippen molar-refractivity contribution in [2.75, 3.05) is 0 Å². The zero-order chi connectivity index (χ0) is 17.6. The van der Waals surface area contributed by atoms with Crippen molar-refractivity contribution >= 4 is 17.5 Å². The number of hydrogen-bond donors (Lipinski definition) is 1. The van der Waals surface area contributed by atoms with Gasteiger partial charge < -0.3 is 14.6 Å². The van der Waals surface area contributed by atoms with Crippen LogP contribution in [0.3, 0.4) is 0 Å². The Morgan fingerprint density at radius 1 is 1.24 bits per heavy atom. The Morgan fingerprint density at radius 2 is 2.04 bits per heavy atom. The lowest BCUT2D eigenvalue weighted by Crippen LogP contribution is -2.35. The van der Waals surface area contributed by atoms with Gasteiger partial charge in [0.05, 0.1) is 6.54 Å². The van der Waals surface area contributed by atoms with Crippen LogP contribution in [0.15, 0.2) is 59.1 Å². The highest BCUT2D eigenvalue weighted by atomic mass is 35.5. The highest BCUT2D eigenvalue weighted by Gasteiger charge is 2.16. The molecule has 1 amide bonds. The van der Waals surface area contributed by atoms with E-state index in [-0.39, 0.29) is 12.5 Å². The molecule has 1 atom stereocenters. The third-order valence-electron chi connectivity index (χ3n) is 3.39.